The zero-order valence-corrected chi connectivity index (χ0v) is 14.2. The highest BCUT2D eigenvalue weighted by molar-refractivity contribution is 5.89. The Labute approximate surface area is 128 Å². The number of hydrogen-bond acceptors (Lipinski definition) is 4. The molecular weight excluding hydrogens is 266 g/mol. The first-order valence-corrected chi connectivity index (χ1v) is 8.21. The van der Waals surface area contributed by atoms with Crippen LogP contribution in [-0.2, 0) is 9.53 Å². The molecule has 0 aromatic rings. The molecule has 21 heavy (non-hydrogen) atoms. The third-order valence-corrected chi connectivity index (χ3v) is 5.67. The van der Waals surface area contributed by atoms with Crippen molar-refractivity contribution in [1.29, 1.82) is 0 Å². The zero-order valence-electron chi connectivity index (χ0n) is 14.2. The van der Waals surface area contributed by atoms with Gasteiger partial charge in [0.25, 0.3) is 0 Å². The van der Waals surface area contributed by atoms with E-state index in [4.69, 9.17) is 10.5 Å². The van der Waals surface area contributed by atoms with Crippen molar-refractivity contribution in [2.24, 2.45) is 11.1 Å². The quantitative estimate of drug-likeness (QED) is 0.843. The van der Waals surface area contributed by atoms with Crippen LogP contribution in [0.15, 0.2) is 0 Å². The van der Waals surface area contributed by atoms with Crippen molar-refractivity contribution < 1.29 is 9.53 Å². The predicted octanol–water partition coefficient (Wildman–Crippen LogP) is 1.07. The summed E-state index contributed by atoms with van der Waals surface area (Å²) in [6, 6.07) is 0.405. The van der Waals surface area contributed by atoms with Gasteiger partial charge < -0.3 is 15.4 Å². The van der Waals surface area contributed by atoms with Gasteiger partial charge in [-0.15, -0.1) is 0 Å². The molecule has 0 aromatic heterocycles. The number of nitrogens with two attached hydrogens (primary N) is 1. The van der Waals surface area contributed by atoms with Gasteiger partial charge in [0.05, 0.1) is 6.10 Å². The maximum atomic E-state index is 12.9. The molecule has 2 aliphatic rings. The number of carbonyl (C=O) groups is 1. The highest BCUT2D eigenvalue weighted by Crippen LogP contribution is 2.50. The normalized spacial score (nSPS) is 36.4. The van der Waals surface area contributed by atoms with Gasteiger partial charge in [0.1, 0.15) is 5.54 Å². The Hall–Kier alpha value is -0.650. The maximum Gasteiger partial charge on any atom is 0.243 e. The van der Waals surface area contributed by atoms with Crippen LogP contribution in [0, 0.1) is 5.41 Å². The minimum atomic E-state index is -0.777. The van der Waals surface area contributed by atoms with Gasteiger partial charge in [-0.05, 0) is 20.4 Å². The van der Waals surface area contributed by atoms with Crippen molar-refractivity contribution >= 4 is 5.91 Å². The van der Waals surface area contributed by atoms with E-state index in [0.717, 1.165) is 26.2 Å². The van der Waals surface area contributed by atoms with Crippen LogP contribution in [0.5, 0.6) is 0 Å². The molecule has 3 atom stereocenters. The molecular formula is C16H31N3O2. The van der Waals surface area contributed by atoms with Gasteiger partial charge in [-0.2, -0.15) is 0 Å². The third-order valence-electron chi connectivity index (χ3n) is 5.67. The van der Waals surface area contributed by atoms with Crippen LogP contribution in [0.25, 0.3) is 0 Å². The number of carbonyl (C=O) groups excluding carboxylic acids is 1. The summed E-state index contributed by atoms with van der Waals surface area (Å²) in [4.78, 5) is 17.3. The van der Waals surface area contributed by atoms with Crippen LogP contribution in [0.2, 0.25) is 0 Å². The molecule has 1 aliphatic heterocycles. The number of nitrogens with zero attached hydrogens (tertiary/aromatic N) is 2. The molecule has 0 spiro atoms. The summed E-state index contributed by atoms with van der Waals surface area (Å²) in [6.07, 6.45) is 0.723. The van der Waals surface area contributed by atoms with E-state index in [1.54, 1.807) is 0 Å². The van der Waals surface area contributed by atoms with Gasteiger partial charge in [-0.1, -0.05) is 20.8 Å². The molecule has 5 heteroatoms. The molecule has 2 N–H and O–H groups in total. The van der Waals surface area contributed by atoms with Crippen molar-refractivity contribution in [3.63, 3.8) is 0 Å². The Morgan fingerprint density at radius 3 is 2.48 bits per heavy atom. The standard InChI is InChI=1S/C16H31N3O2/c1-6-18-8-9-19(11-12(18)3)14(20)16(17)10-13(21-7-2)15(16,4)5/h12-13H,6-11,17H2,1-5H3. The predicted molar refractivity (Wildman–Crippen MR) is 84.0 cm³/mol. The fourth-order valence-electron chi connectivity index (χ4n) is 3.73. The second-order valence-corrected chi connectivity index (χ2v) is 7.07. The molecule has 122 valence electrons. The molecule has 1 saturated heterocycles. The average Bonchev–Trinajstić information content (AvgIpc) is 2.45. The van der Waals surface area contributed by atoms with E-state index >= 15 is 0 Å². The lowest BCUT2D eigenvalue weighted by Crippen LogP contribution is -2.77. The summed E-state index contributed by atoms with van der Waals surface area (Å²) >= 11 is 0. The van der Waals surface area contributed by atoms with Crippen molar-refractivity contribution in [2.75, 3.05) is 32.8 Å². The van der Waals surface area contributed by atoms with Crippen LogP contribution in [0.3, 0.4) is 0 Å². The Morgan fingerprint density at radius 1 is 1.33 bits per heavy atom. The first kappa shape index (κ1) is 16.7. The molecule has 1 amide bonds. The number of likely N-dealkylation sites (N-methyl/N-ethyl adjacent to an activating group) is 1. The molecule has 0 bridgehead atoms. The monoisotopic (exact) mass is 297 g/mol. The maximum absolute atomic E-state index is 12.9. The topological polar surface area (TPSA) is 58.8 Å². The Balaban J connectivity index is 2.04. The van der Waals surface area contributed by atoms with E-state index in [0.29, 0.717) is 19.1 Å². The second kappa shape index (κ2) is 5.86. The zero-order chi connectivity index (χ0) is 15.8. The lowest BCUT2D eigenvalue weighted by Gasteiger charge is -2.59. The van der Waals surface area contributed by atoms with Gasteiger partial charge in [-0.3, -0.25) is 9.69 Å². The third kappa shape index (κ3) is 2.60. The lowest BCUT2D eigenvalue weighted by molar-refractivity contribution is -0.181. The highest BCUT2D eigenvalue weighted by Gasteiger charge is 2.63. The minimum absolute atomic E-state index is 0.0887. The molecule has 0 aromatic carbocycles. The number of rotatable bonds is 4. The molecule has 1 heterocycles. The molecule has 2 rings (SSSR count). The van der Waals surface area contributed by atoms with Crippen LogP contribution in [-0.4, -0.2) is 66.2 Å². The fourth-order valence-corrected chi connectivity index (χ4v) is 3.73. The molecule has 1 saturated carbocycles. The van der Waals surface area contributed by atoms with Gasteiger partial charge >= 0.3 is 0 Å². The van der Waals surface area contributed by atoms with E-state index in [9.17, 15) is 4.79 Å². The van der Waals surface area contributed by atoms with Gasteiger partial charge in [0, 0.05) is 44.1 Å². The number of hydrogen-bond donors (Lipinski definition) is 1. The van der Waals surface area contributed by atoms with Gasteiger partial charge in [0.15, 0.2) is 0 Å². The Bertz CT molecular complexity index is 399. The number of ether oxygens (including phenoxy) is 1. The van der Waals surface area contributed by atoms with Gasteiger partial charge in [0.2, 0.25) is 5.91 Å². The summed E-state index contributed by atoms with van der Waals surface area (Å²) in [6.45, 7) is 14.7. The van der Waals surface area contributed by atoms with E-state index < -0.39 is 5.54 Å². The van der Waals surface area contributed by atoms with Crippen molar-refractivity contribution in [3.8, 4) is 0 Å². The van der Waals surface area contributed by atoms with E-state index in [-0.39, 0.29) is 17.4 Å². The van der Waals surface area contributed by atoms with E-state index in [1.807, 2.05) is 11.8 Å². The first-order chi connectivity index (χ1) is 9.77. The molecule has 3 unspecified atom stereocenters. The Kier molecular flexibility index (Phi) is 4.66. The molecule has 0 radical (unpaired) electrons. The number of piperazine rings is 1. The summed E-state index contributed by atoms with van der Waals surface area (Å²) in [5.74, 6) is 0.103. The van der Waals surface area contributed by atoms with Crippen molar-refractivity contribution in [2.45, 2.75) is 58.7 Å². The Morgan fingerprint density at radius 2 is 2.00 bits per heavy atom. The van der Waals surface area contributed by atoms with E-state index in [1.165, 1.54) is 0 Å². The summed E-state index contributed by atoms with van der Waals surface area (Å²) in [7, 11) is 0. The fraction of sp³-hybridized carbons (Fsp3) is 0.938. The molecule has 5 nitrogen and oxygen atoms in total. The van der Waals surface area contributed by atoms with E-state index in [2.05, 4.69) is 32.6 Å². The molecule has 2 fully saturated rings. The van der Waals surface area contributed by atoms with Crippen LogP contribution < -0.4 is 5.73 Å². The van der Waals surface area contributed by atoms with Crippen molar-refractivity contribution in [1.82, 2.24) is 9.80 Å². The summed E-state index contributed by atoms with van der Waals surface area (Å²) in [5, 5.41) is 0. The van der Waals surface area contributed by atoms with Gasteiger partial charge in [-0.25, -0.2) is 0 Å². The molecule has 1 aliphatic carbocycles. The smallest absolute Gasteiger partial charge is 0.243 e. The highest BCUT2D eigenvalue weighted by atomic mass is 16.5. The van der Waals surface area contributed by atoms with Crippen LogP contribution in [0.1, 0.15) is 41.0 Å². The van der Waals surface area contributed by atoms with Crippen LogP contribution in [0.4, 0.5) is 0 Å². The average molecular weight is 297 g/mol. The van der Waals surface area contributed by atoms with Crippen molar-refractivity contribution in [3.05, 3.63) is 0 Å². The largest absolute Gasteiger partial charge is 0.378 e. The summed E-state index contributed by atoms with van der Waals surface area (Å²) < 4.78 is 5.72. The lowest BCUT2D eigenvalue weighted by atomic mass is 9.54. The van der Waals surface area contributed by atoms with Crippen LogP contribution >= 0.6 is 0 Å². The first-order valence-electron chi connectivity index (χ1n) is 8.21. The summed E-state index contributed by atoms with van der Waals surface area (Å²) in [5.41, 5.74) is 5.43. The SMILES string of the molecule is CCOC1CC(N)(C(=O)N2CCN(CC)C(C)C2)C1(C)C. The minimum Gasteiger partial charge on any atom is -0.378 e. The second-order valence-electron chi connectivity index (χ2n) is 7.07. The number of amides is 1.